The van der Waals surface area contributed by atoms with Crippen molar-refractivity contribution in [3.63, 3.8) is 0 Å². The maximum absolute atomic E-state index is 13.3. The quantitative estimate of drug-likeness (QED) is 0.745. The van der Waals surface area contributed by atoms with Crippen molar-refractivity contribution in [3.05, 3.63) is 29.6 Å². The molecule has 12 heteroatoms. The van der Waals surface area contributed by atoms with Crippen LogP contribution >= 0.6 is 0 Å². The molecule has 2 aromatic heterocycles. The average molecular weight is 416 g/mol. The van der Waals surface area contributed by atoms with Gasteiger partial charge in [-0.25, -0.2) is 4.98 Å². The molecule has 1 aliphatic carbocycles. The second-order valence-electron chi connectivity index (χ2n) is 6.34. The van der Waals surface area contributed by atoms with Crippen LogP contribution in [0, 0.1) is 17.2 Å². The number of halogens is 3. The minimum Gasteiger partial charge on any atom is -0.476 e. The average Bonchev–Trinajstić information content (AvgIpc) is 3.26. The molecule has 0 atom stereocenters. The summed E-state index contributed by atoms with van der Waals surface area (Å²) < 4.78 is 77.3. The van der Waals surface area contributed by atoms with Gasteiger partial charge < -0.3 is 4.74 Å². The third-order valence-corrected chi connectivity index (χ3v) is 5.23. The highest BCUT2D eigenvalue weighted by Gasteiger charge is 2.41. The molecule has 150 valence electrons. The molecule has 0 saturated heterocycles. The van der Waals surface area contributed by atoms with Crippen LogP contribution in [0.4, 0.5) is 13.2 Å². The Balaban J connectivity index is 2.05. The first-order valence-corrected chi connectivity index (χ1v) is 9.72. The van der Waals surface area contributed by atoms with E-state index < -0.39 is 38.3 Å². The molecule has 28 heavy (non-hydrogen) atoms. The van der Waals surface area contributed by atoms with Crippen LogP contribution in [-0.4, -0.2) is 34.3 Å². The van der Waals surface area contributed by atoms with Gasteiger partial charge in [-0.15, -0.1) is 0 Å². The van der Waals surface area contributed by atoms with Gasteiger partial charge in [-0.1, -0.05) is 12.8 Å². The van der Waals surface area contributed by atoms with Crippen molar-refractivity contribution in [1.29, 1.82) is 5.26 Å². The van der Waals surface area contributed by atoms with Crippen molar-refractivity contribution in [2.75, 3.05) is 6.61 Å². The van der Waals surface area contributed by atoms with Crippen molar-refractivity contribution >= 4 is 10.1 Å². The van der Waals surface area contributed by atoms with Crippen molar-refractivity contribution in [3.8, 4) is 17.8 Å². The van der Waals surface area contributed by atoms with Crippen LogP contribution in [0.25, 0.3) is 5.82 Å². The Labute approximate surface area is 158 Å². The highest BCUT2D eigenvalue weighted by molar-refractivity contribution is 7.85. The zero-order valence-corrected chi connectivity index (χ0v) is 15.2. The molecule has 1 saturated carbocycles. The monoisotopic (exact) mass is 416 g/mol. The Morgan fingerprint density at radius 1 is 1.32 bits per heavy atom. The highest BCUT2D eigenvalue weighted by atomic mass is 32.2. The maximum Gasteiger partial charge on any atom is 0.436 e. The van der Waals surface area contributed by atoms with Gasteiger partial charge in [0.05, 0.1) is 12.8 Å². The van der Waals surface area contributed by atoms with Crippen LogP contribution in [0.2, 0.25) is 0 Å². The van der Waals surface area contributed by atoms with E-state index in [9.17, 15) is 26.9 Å². The molecule has 1 N–H and O–H groups in total. The number of hydrogen-bond donors (Lipinski definition) is 1. The molecule has 0 radical (unpaired) electrons. The molecule has 0 spiro atoms. The van der Waals surface area contributed by atoms with Crippen LogP contribution in [0.1, 0.15) is 36.9 Å². The number of aromatic nitrogens is 3. The van der Waals surface area contributed by atoms with Gasteiger partial charge in [0, 0.05) is 0 Å². The zero-order valence-electron chi connectivity index (χ0n) is 14.3. The van der Waals surface area contributed by atoms with E-state index in [1.54, 1.807) is 0 Å². The second-order valence-corrected chi connectivity index (χ2v) is 7.76. The van der Waals surface area contributed by atoms with Crippen molar-refractivity contribution in [2.45, 2.75) is 36.8 Å². The fourth-order valence-electron chi connectivity index (χ4n) is 3.01. The van der Waals surface area contributed by atoms with Crippen LogP contribution in [-0.2, 0) is 16.3 Å². The van der Waals surface area contributed by atoms with Crippen molar-refractivity contribution in [1.82, 2.24) is 14.8 Å². The molecule has 0 aliphatic heterocycles. The van der Waals surface area contributed by atoms with Crippen LogP contribution in [0.5, 0.6) is 5.88 Å². The molecule has 2 aromatic rings. The number of nitriles is 1. The lowest BCUT2D eigenvalue weighted by atomic mass is 10.1. The summed E-state index contributed by atoms with van der Waals surface area (Å²) in [5, 5.41) is 12.7. The van der Waals surface area contributed by atoms with Gasteiger partial charge in [-0.05, 0) is 30.9 Å². The van der Waals surface area contributed by atoms with Crippen LogP contribution in [0.15, 0.2) is 23.2 Å². The van der Waals surface area contributed by atoms with E-state index in [1.807, 2.05) is 0 Å². The van der Waals surface area contributed by atoms with Gasteiger partial charge in [0.25, 0.3) is 10.1 Å². The van der Waals surface area contributed by atoms with E-state index in [4.69, 9.17) is 9.29 Å². The predicted molar refractivity (Wildman–Crippen MR) is 88.3 cm³/mol. The summed E-state index contributed by atoms with van der Waals surface area (Å²) >= 11 is 0. The van der Waals surface area contributed by atoms with E-state index in [0.717, 1.165) is 44.0 Å². The zero-order chi connectivity index (χ0) is 20.5. The van der Waals surface area contributed by atoms with Gasteiger partial charge in [-0.3, -0.25) is 4.55 Å². The molecule has 0 amide bonds. The summed E-state index contributed by atoms with van der Waals surface area (Å²) in [6.45, 7) is 0.126. The van der Waals surface area contributed by atoms with Gasteiger partial charge in [0.2, 0.25) is 5.88 Å². The number of alkyl halides is 3. The fourth-order valence-corrected chi connectivity index (χ4v) is 3.44. The number of rotatable bonds is 5. The van der Waals surface area contributed by atoms with Crippen molar-refractivity contribution in [2.24, 2.45) is 5.92 Å². The molecular weight excluding hydrogens is 401 g/mol. The third kappa shape index (κ3) is 4.10. The van der Waals surface area contributed by atoms with Gasteiger partial charge in [0.15, 0.2) is 11.5 Å². The lowest BCUT2D eigenvalue weighted by Crippen LogP contribution is -2.12. The Morgan fingerprint density at radius 2 is 2.00 bits per heavy atom. The normalized spacial score (nSPS) is 15.5. The lowest BCUT2D eigenvalue weighted by molar-refractivity contribution is -0.141. The summed E-state index contributed by atoms with van der Waals surface area (Å²) in [6, 6.07) is 3.49. The van der Waals surface area contributed by atoms with E-state index in [1.165, 1.54) is 6.07 Å². The summed E-state index contributed by atoms with van der Waals surface area (Å²) in [7, 11) is -4.52. The predicted octanol–water partition coefficient (Wildman–Crippen LogP) is 2.97. The first-order chi connectivity index (χ1) is 13.1. The Hall–Kier alpha value is -2.65. The minimum absolute atomic E-state index is 0.126. The van der Waals surface area contributed by atoms with E-state index in [2.05, 4.69) is 10.1 Å². The molecule has 0 aromatic carbocycles. The molecule has 1 fully saturated rings. The number of hydrogen-bond acceptors (Lipinski definition) is 6. The summed E-state index contributed by atoms with van der Waals surface area (Å²) in [5.74, 6) is -0.436. The topological polar surface area (TPSA) is 118 Å². The molecular formula is C16H15F3N4O4S. The SMILES string of the molecule is N#Cc1c(C(F)(F)F)nn(-c2ccc(S(=O)(=O)O)cn2)c1OCC1CCCC1. The largest absolute Gasteiger partial charge is 0.476 e. The maximum atomic E-state index is 13.3. The molecule has 0 unspecified atom stereocenters. The second kappa shape index (κ2) is 7.40. The Bertz CT molecular complexity index is 1000. The number of nitrogens with zero attached hydrogens (tertiary/aromatic N) is 4. The number of ether oxygens (including phenoxy) is 1. The summed E-state index contributed by atoms with van der Waals surface area (Å²) in [4.78, 5) is 3.20. The molecule has 8 nitrogen and oxygen atoms in total. The Kier molecular flexibility index (Phi) is 5.31. The standard InChI is InChI=1S/C16H15F3N4O4S/c17-16(18,19)14-12(7-20)15(27-9-10-3-1-2-4-10)23(22-14)13-6-5-11(8-21-13)28(24,25)26/h5-6,8,10H,1-4,9H2,(H,24,25,26). The van der Waals surface area contributed by atoms with Crippen LogP contribution in [0.3, 0.4) is 0 Å². The summed E-state index contributed by atoms with van der Waals surface area (Å²) in [5.41, 5.74) is -2.19. The van der Waals surface area contributed by atoms with Gasteiger partial charge in [0.1, 0.15) is 16.5 Å². The minimum atomic E-state index is -4.89. The third-order valence-electron chi connectivity index (χ3n) is 4.39. The first kappa shape index (κ1) is 20.1. The highest BCUT2D eigenvalue weighted by Crippen LogP contribution is 2.37. The van der Waals surface area contributed by atoms with Crippen LogP contribution < -0.4 is 4.74 Å². The van der Waals surface area contributed by atoms with E-state index in [-0.39, 0.29) is 18.3 Å². The summed E-state index contributed by atoms with van der Waals surface area (Å²) in [6.07, 6.45) is -0.356. The van der Waals surface area contributed by atoms with Gasteiger partial charge in [-0.2, -0.15) is 36.6 Å². The van der Waals surface area contributed by atoms with Gasteiger partial charge >= 0.3 is 6.18 Å². The smallest absolute Gasteiger partial charge is 0.436 e. The van der Waals surface area contributed by atoms with E-state index >= 15 is 0 Å². The molecule has 3 rings (SSSR count). The first-order valence-electron chi connectivity index (χ1n) is 8.28. The Morgan fingerprint density at radius 3 is 2.50 bits per heavy atom. The molecule has 2 heterocycles. The van der Waals surface area contributed by atoms with E-state index in [0.29, 0.717) is 4.68 Å². The molecule has 0 bridgehead atoms. The molecule has 1 aliphatic rings. The lowest BCUT2D eigenvalue weighted by Gasteiger charge is -2.13. The van der Waals surface area contributed by atoms with Crippen molar-refractivity contribution < 1.29 is 30.9 Å². The fraction of sp³-hybridized carbons (Fsp3) is 0.438. The number of pyridine rings is 1.